The number of fused-ring (bicyclic) bond motifs is 1. The third-order valence-corrected chi connectivity index (χ3v) is 5.54. The highest BCUT2D eigenvalue weighted by Crippen LogP contribution is 2.43. The Hall–Kier alpha value is -3.56. The van der Waals surface area contributed by atoms with Crippen LogP contribution in [0.1, 0.15) is 24.2 Å². The Morgan fingerprint density at radius 1 is 1.18 bits per heavy atom. The Balaban J connectivity index is 1.86. The summed E-state index contributed by atoms with van der Waals surface area (Å²) in [5.74, 6) is -1.17. The molecule has 2 aromatic carbocycles. The van der Waals surface area contributed by atoms with E-state index in [-0.39, 0.29) is 42.4 Å². The van der Waals surface area contributed by atoms with Crippen molar-refractivity contribution in [3.05, 3.63) is 64.6 Å². The predicted molar refractivity (Wildman–Crippen MR) is 119 cm³/mol. The molecule has 9 nitrogen and oxygen atoms in total. The SMILES string of the molecule is COC1=NC(NC(=O)c2ccc(Cl)cc2)=C(C(=O)[O-])[N+]1(CC(C)C)c1ccc2c(c1)OCO2. The van der Waals surface area contributed by atoms with Crippen LogP contribution in [0.4, 0.5) is 5.69 Å². The van der Waals surface area contributed by atoms with Crippen LogP contribution in [0.15, 0.2) is 59.0 Å². The molecule has 0 fully saturated rings. The molecule has 1 N–H and O–H groups in total. The summed E-state index contributed by atoms with van der Waals surface area (Å²) in [4.78, 5) is 29.7. The number of rotatable bonds is 6. The second-order valence-corrected chi connectivity index (χ2v) is 8.40. The van der Waals surface area contributed by atoms with Crippen LogP contribution in [-0.4, -0.2) is 38.3 Å². The Bertz CT molecular complexity index is 1180. The van der Waals surface area contributed by atoms with Crippen molar-refractivity contribution < 1.29 is 28.9 Å². The summed E-state index contributed by atoms with van der Waals surface area (Å²) in [6, 6.07) is 11.4. The standard InChI is InChI=1S/C23H22ClN3O6/c1-13(2)11-27(16-8-9-17-18(10-16)33-12-32-17)19(22(29)30)20(26-23(27)31-3)25-21(28)14-4-6-15(24)7-5-14/h4-10,13H,11-12H2,1-3H3,(H-,25,28,29,30). The summed E-state index contributed by atoms with van der Waals surface area (Å²) >= 11 is 5.90. The minimum atomic E-state index is -1.49. The van der Waals surface area contributed by atoms with Crippen molar-refractivity contribution in [1.82, 2.24) is 9.80 Å². The molecule has 2 heterocycles. The summed E-state index contributed by atoms with van der Waals surface area (Å²) in [6.45, 7) is 4.23. The normalized spacial score (nSPS) is 19.0. The topological polar surface area (TPSA) is 109 Å². The van der Waals surface area contributed by atoms with Crippen molar-refractivity contribution in [3.63, 3.8) is 0 Å². The van der Waals surface area contributed by atoms with Gasteiger partial charge < -0.3 is 29.4 Å². The van der Waals surface area contributed by atoms with Crippen molar-refractivity contribution in [2.75, 3.05) is 20.4 Å². The lowest BCUT2D eigenvalue weighted by molar-refractivity contribution is -0.300. The second kappa shape index (κ2) is 8.76. The van der Waals surface area contributed by atoms with Gasteiger partial charge >= 0.3 is 6.02 Å². The number of carbonyl (C=O) groups is 2. The summed E-state index contributed by atoms with van der Waals surface area (Å²) in [7, 11) is 1.40. The number of amides is 1. The molecule has 2 aromatic rings. The summed E-state index contributed by atoms with van der Waals surface area (Å²) < 4.78 is 16.1. The van der Waals surface area contributed by atoms with Crippen LogP contribution >= 0.6 is 11.6 Å². The summed E-state index contributed by atoms with van der Waals surface area (Å²) in [5, 5.41) is 15.6. The van der Waals surface area contributed by atoms with Gasteiger partial charge in [0.25, 0.3) is 5.91 Å². The number of carboxylic acids is 1. The highest BCUT2D eigenvalue weighted by atomic mass is 35.5. The van der Waals surface area contributed by atoms with Crippen LogP contribution in [0.25, 0.3) is 0 Å². The Morgan fingerprint density at radius 3 is 2.52 bits per heavy atom. The lowest BCUT2D eigenvalue weighted by atomic mass is 10.1. The van der Waals surface area contributed by atoms with Crippen molar-refractivity contribution >= 4 is 35.2 Å². The van der Waals surface area contributed by atoms with Crippen molar-refractivity contribution in [2.24, 2.45) is 10.9 Å². The maximum absolute atomic E-state index is 12.8. The molecular weight excluding hydrogens is 450 g/mol. The Labute approximate surface area is 195 Å². The number of aliphatic imine (C=N–C) groups is 1. The molecule has 0 aromatic heterocycles. The minimum absolute atomic E-state index is 0.0106. The number of quaternary nitrogens is 1. The molecule has 4 rings (SSSR count). The van der Waals surface area contributed by atoms with Crippen LogP contribution < -0.4 is 24.4 Å². The van der Waals surface area contributed by atoms with Gasteiger partial charge in [-0.25, -0.2) is 0 Å². The molecule has 0 saturated carbocycles. The number of carboxylic acid groups (broad SMARTS) is 1. The smallest absolute Gasteiger partial charge is 0.411 e. The van der Waals surface area contributed by atoms with E-state index < -0.39 is 16.4 Å². The molecule has 1 atom stereocenters. The fraction of sp³-hybridized carbons (Fsp3) is 0.261. The van der Waals surface area contributed by atoms with Crippen LogP contribution in [0.3, 0.4) is 0 Å². The van der Waals surface area contributed by atoms with Crippen LogP contribution in [-0.2, 0) is 9.53 Å². The Morgan fingerprint density at radius 2 is 1.88 bits per heavy atom. The molecule has 1 amide bonds. The molecule has 0 radical (unpaired) electrons. The first-order valence-electron chi connectivity index (χ1n) is 10.2. The number of hydrogen-bond donors (Lipinski definition) is 1. The fourth-order valence-corrected chi connectivity index (χ4v) is 4.14. The lowest BCUT2D eigenvalue weighted by Gasteiger charge is -2.35. The minimum Gasteiger partial charge on any atom is -0.540 e. The number of amidine groups is 1. The molecule has 2 aliphatic rings. The maximum Gasteiger partial charge on any atom is 0.411 e. The molecule has 0 spiro atoms. The largest absolute Gasteiger partial charge is 0.540 e. The first-order chi connectivity index (χ1) is 15.8. The van der Waals surface area contributed by atoms with Gasteiger partial charge in [0.05, 0.1) is 13.7 Å². The van der Waals surface area contributed by atoms with Gasteiger partial charge in [-0.2, -0.15) is 4.48 Å². The molecule has 0 bridgehead atoms. The van der Waals surface area contributed by atoms with Crippen LogP contribution in [0.2, 0.25) is 5.02 Å². The summed E-state index contributed by atoms with van der Waals surface area (Å²) in [6.07, 6.45) is 0. The van der Waals surface area contributed by atoms with E-state index >= 15 is 0 Å². The number of hydrogen-bond acceptors (Lipinski definition) is 7. The molecular formula is C23H22ClN3O6. The van der Waals surface area contributed by atoms with Gasteiger partial charge in [0, 0.05) is 28.6 Å². The van der Waals surface area contributed by atoms with E-state index in [2.05, 4.69) is 10.3 Å². The zero-order valence-corrected chi connectivity index (χ0v) is 19.0. The van der Waals surface area contributed by atoms with Crippen molar-refractivity contribution in [1.29, 1.82) is 0 Å². The van der Waals surface area contributed by atoms with Crippen LogP contribution in [0.5, 0.6) is 11.5 Å². The quantitative estimate of drug-likeness (QED) is 0.648. The van der Waals surface area contributed by atoms with E-state index in [1.807, 2.05) is 13.8 Å². The fourth-order valence-electron chi connectivity index (χ4n) is 4.02. The zero-order valence-electron chi connectivity index (χ0n) is 18.3. The van der Waals surface area contributed by atoms with Gasteiger partial charge in [-0.1, -0.05) is 25.4 Å². The molecule has 0 saturated heterocycles. The number of ether oxygens (including phenoxy) is 3. The number of aliphatic carboxylic acids is 1. The van der Waals surface area contributed by atoms with Gasteiger partial charge in [0.15, 0.2) is 17.2 Å². The molecule has 33 heavy (non-hydrogen) atoms. The number of carbonyl (C=O) groups excluding carboxylic acids is 2. The highest BCUT2D eigenvalue weighted by molar-refractivity contribution is 6.30. The first kappa shape index (κ1) is 22.6. The van der Waals surface area contributed by atoms with E-state index in [4.69, 9.17) is 25.8 Å². The van der Waals surface area contributed by atoms with Gasteiger partial charge in [0.2, 0.25) is 18.3 Å². The highest BCUT2D eigenvalue weighted by Gasteiger charge is 2.52. The average Bonchev–Trinajstić information content (AvgIpc) is 3.35. The molecule has 2 aliphatic heterocycles. The second-order valence-electron chi connectivity index (χ2n) is 7.97. The van der Waals surface area contributed by atoms with E-state index in [1.54, 1.807) is 30.3 Å². The molecule has 1 unspecified atom stereocenters. The number of nitrogens with one attached hydrogen (secondary N) is 1. The van der Waals surface area contributed by atoms with E-state index in [0.29, 0.717) is 22.2 Å². The van der Waals surface area contributed by atoms with Gasteiger partial charge in [0.1, 0.15) is 5.97 Å². The maximum atomic E-state index is 12.8. The number of nitrogens with zero attached hydrogens (tertiary/aromatic N) is 2. The first-order valence-corrected chi connectivity index (χ1v) is 10.6. The van der Waals surface area contributed by atoms with E-state index in [9.17, 15) is 14.7 Å². The van der Waals surface area contributed by atoms with Gasteiger partial charge in [-0.15, -0.1) is 4.99 Å². The van der Waals surface area contributed by atoms with Gasteiger partial charge in [-0.3, -0.25) is 4.79 Å². The van der Waals surface area contributed by atoms with E-state index in [0.717, 1.165) is 0 Å². The van der Waals surface area contributed by atoms with Crippen molar-refractivity contribution in [3.8, 4) is 11.5 Å². The van der Waals surface area contributed by atoms with E-state index in [1.165, 1.54) is 19.2 Å². The lowest BCUT2D eigenvalue weighted by Crippen LogP contribution is -2.58. The monoisotopic (exact) mass is 471 g/mol. The molecule has 10 heteroatoms. The average molecular weight is 472 g/mol. The van der Waals surface area contributed by atoms with Crippen LogP contribution in [0, 0.1) is 5.92 Å². The summed E-state index contributed by atoms with van der Waals surface area (Å²) in [5.41, 5.74) is 0.556. The van der Waals surface area contributed by atoms with Crippen molar-refractivity contribution in [2.45, 2.75) is 13.8 Å². The number of methoxy groups -OCH3 is 1. The third-order valence-electron chi connectivity index (χ3n) is 5.29. The van der Waals surface area contributed by atoms with Gasteiger partial charge in [-0.05, 0) is 30.3 Å². The third kappa shape index (κ3) is 4.01. The predicted octanol–water partition coefficient (Wildman–Crippen LogP) is 2.40. The molecule has 0 aliphatic carbocycles. The number of halogens is 1. The Kier molecular flexibility index (Phi) is 6.01. The molecule has 172 valence electrons. The zero-order chi connectivity index (χ0) is 23.8. The number of benzene rings is 2.